The maximum absolute atomic E-state index is 11.1. The highest BCUT2D eigenvalue weighted by Crippen LogP contribution is 2.35. The molecule has 0 unspecified atom stereocenters. The highest BCUT2D eigenvalue weighted by molar-refractivity contribution is 9.10. The van der Waals surface area contributed by atoms with Crippen LogP contribution in [0.4, 0.5) is 0 Å². The third-order valence-corrected chi connectivity index (χ3v) is 2.82. The van der Waals surface area contributed by atoms with Gasteiger partial charge in [0.1, 0.15) is 0 Å². The highest BCUT2D eigenvalue weighted by Gasteiger charge is 2.09. The second kappa shape index (κ2) is 7.23. The molecule has 0 heterocycles. The lowest BCUT2D eigenvalue weighted by Crippen LogP contribution is -2.24. The van der Waals surface area contributed by atoms with Crippen molar-refractivity contribution >= 4 is 21.9 Å². The third-order valence-electron chi connectivity index (χ3n) is 2.21. The van der Waals surface area contributed by atoms with E-state index in [-0.39, 0.29) is 18.3 Å². The van der Waals surface area contributed by atoms with Crippen LogP contribution in [0.2, 0.25) is 0 Å². The average molecular weight is 318 g/mol. The van der Waals surface area contributed by atoms with Crippen molar-refractivity contribution in [2.24, 2.45) is 0 Å². The van der Waals surface area contributed by atoms with Crippen molar-refractivity contribution in [1.29, 1.82) is 0 Å². The molecule has 0 aliphatic rings. The molecule has 0 saturated heterocycles. The van der Waals surface area contributed by atoms with Crippen LogP contribution in [0.3, 0.4) is 0 Å². The molecule has 0 bridgehead atoms. The first-order chi connectivity index (χ1) is 8.58. The zero-order valence-corrected chi connectivity index (χ0v) is 11.9. The Balaban J connectivity index is 2.57. The number of methoxy groups -OCH3 is 1. The van der Waals surface area contributed by atoms with Crippen LogP contribution in [0.1, 0.15) is 12.5 Å². The molecule has 6 heteroatoms. The molecular formula is C12H16BrNO4. The molecule has 1 aromatic rings. The van der Waals surface area contributed by atoms with E-state index < -0.39 is 0 Å². The van der Waals surface area contributed by atoms with Gasteiger partial charge in [-0.15, -0.1) is 0 Å². The van der Waals surface area contributed by atoms with E-state index in [4.69, 9.17) is 9.47 Å². The van der Waals surface area contributed by atoms with Crippen molar-refractivity contribution in [3.8, 4) is 11.5 Å². The molecule has 0 atom stereocenters. The number of ether oxygens (including phenoxy) is 2. The van der Waals surface area contributed by atoms with Crippen LogP contribution in [0, 0.1) is 0 Å². The molecule has 0 saturated carbocycles. The van der Waals surface area contributed by atoms with Crippen molar-refractivity contribution in [2.45, 2.75) is 13.5 Å². The number of benzene rings is 1. The van der Waals surface area contributed by atoms with Gasteiger partial charge >= 0.3 is 5.97 Å². The average Bonchev–Trinajstić information content (AvgIpc) is 2.33. The molecule has 1 rings (SSSR count). The highest BCUT2D eigenvalue weighted by atomic mass is 79.9. The summed E-state index contributed by atoms with van der Waals surface area (Å²) < 4.78 is 10.4. The number of halogens is 1. The number of hydrogen-bond acceptors (Lipinski definition) is 5. The maximum Gasteiger partial charge on any atom is 0.319 e. The van der Waals surface area contributed by atoms with E-state index in [1.165, 1.54) is 7.11 Å². The lowest BCUT2D eigenvalue weighted by Gasteiger charge is -2.09. The number of nitrogens with one attached hydrogen (secondary N) is 1. The largest absolute Gasteiger partial charge is 0.503 e. The van der Waals surface area contributed by atoms with Gasteiger partial charge in [0.25, 0.3) is 0 Å². The van der Waals surface area contributed by atoms with Crippen LogP contribution >= 0.6 is 15.9 Å². The fourth-order valence-corrected chi connectivity index (χ4v) is 1.90. The van der Waals surface area contributed by atoms with Crippen molar-refractivity contribution in [1.82, 2.24) is 5.32 Å². The van der Waals surface area contributed by atoms with Gasteiger partial charge in [0.2, 0.25) is 0 Å². The molecular weight excluding hydrogens is 302 g/mol. The fourth-order valence-electron chi connectivity index (χ4n) is 1.41. The maximum atomic E-state index is 11.1. The number of phenols is 1. The summed E-state index contributed by atoms with van der Waals surface area (Å²) in [5.41, 5.74) is 0.890. The number of aromatic hydroxyl groups is 1. The predicted octanol–water partition coefficient (Wildman–Crippen LogP) is 1.82. The first kappa shape index (κ1) is 14.8. The molecule has 0 aromatic heterocycles. The number of carbonyl (C=O) groups is 1. The van der Waals surface area contributed by atoms with Crippen molar-refractivity contribution in [3.63, 3.8) is 0 Å². The van der Waals surface area contributed by atoms with Crippen LogP contribution in [0.5, 0.6) is 11.5 Å². The molecule has 0 radical (unpaired) electrons. The minimum Gasteiger partial charge on any atom is -0.503 e. The van der Waals surface area contributed by atoms with Crippen LogP contribution < -0.4 is 10.1 Å². The lowest BCUT2D eigenvalue weighted by molar-refractivity contribution is -0.142. The van der Waals surface area contributed by atoms with Gasteiger partial charge in [-0.2, -0.15) is 0 Å². The van der Waals surface area contributed by atoms with Crippen molar-refractivity contribution < 1.29 is 19.4 Å². The zero-order valence-electron chi connectivity index (χ0n) is 10.3. The van der Waals surface area contributed by atoms with Gasteiger partial charge in [0.05, 0.1) is 24.7 Å². The topological polar surface area (TPSA) is 67.8 Å². The van der Waals surface area contributed by atoms with Gasteiger partial charge in [-0.3, -0.25) is 4.79 Å². The Morgan fingerprint density at radius 1 is 1.50 bits per heavy atom. The van der Waals surface area contributed by atoms with Crippen molar-refractivity contribution in [3.05, 3.63) is 22.2 Å². The monoisotopic (exact) mass is 317 g/mol. The van der Waals surface area contributed by atoms with E-state index in [1.807, 2.05) is 0 Å². The van der Waals surface area contributed by atoms with Crippen LogP contribution in [0.25, 0.3) is 0 Å². The molecule has 100 valence electrons. The van der Waals surface area contributed by atoms with Gasteiger partial charge in [-0.1, -0.05) is 0 Å². The standard InChI is InChI=1S/C12H16BrNO4/c1-3-18-11(15)7-14-6-8-4-9(13)12(16)10(5-8)17-2/h4-5,14,16H,3,6-7H2,1-2H3. The Morgan fingerprint density at radius 3 is 2.83 bits per heavy atom. The number of phenolic OH excluding ortho intramolecular Hbond substituents is 1. The van der Waals surface area contributed by atoms with Gasteiger partial charge in [0.15, 0.2) is 11.5 Å². The quantitative estimate of drug-likeness (QED) is 0.783. The normalized spacial score (nSPS) is 10.2. The van der Waals surface area contributed by atoms with Gasteiger partial charge in [0, 0.05) is 6.54 Å². The summed E-state index contributed by atoms with van der Waals surface area (Å²) >= 11 is 3.23. The number of esters is 1. The minimum atomic E-state index is -0.290. The number of hydrogen-bond donors (Lipinski definition) is 2. The third kappa shape index (κ3) is 4.19. The molecule has 2 N–H and O–H groups in total. The van der Waals surface area contributed by atoms with E-state index in [2.05, 4.69) is 21.2 Å². The molecule has 0 amide bonds. The lowest BCUT2D eigenvalue weighted by atomic mass is 10.2. The Kier molecular flexibility index (Phi) is 5.94. The minimum absolute atomic E-state index is 0.0617. The summed E-state index contributed by atoms with van der Waals surface area (Å²) in [6, 6.07) is 3.47. The first-order valence-corrected chi connectivity index (χ1v) is 6.29. The summed E-state index contributed by atoms with van der Waals surface area (Å²) in [5.74, 6) is 0.159. The fraction of sp³-hybridized carbons (Fsp3) is 0.417. The van der Waals surface area contributed by atoms with E-state index >= 15 is 0 Å². The predicted molar refractivity (Wildman–Crippen MR) is 70.7 cm³/mol. The summed E-state index contributed by atoms with van der Waals surface area (Å²) in [6.45, 7) is 2.77. The van der Waals surface area contributed by atoms with E-state index in [0.29, 0.717) is 23.4 Å². The van der Waals surface area contributed by atoms with Gasteiger partial charge < -0.3 is 19.9 Å². The molecule has 0 fully saturated rings. The Labute approximate surface area is 114 Å². The number of carbonyl (C=O) groups excluding carboxylic acids is 1. The van der Waals surface area contributed by atoms with E-state index in [9.17, 15) is 9.90 Å². The molecule has 0 spiro atoms. The van der Waals surface area contributed by atoms with Crippen molar-refractivity contribution in [2.75, 3.05) is 20.3 Å². The molecule has 0 aliphatic carbocycles. The second-order valence-corrected chi connectivity index (χ2v) is 4.39. The van der Waals surface area contributed by atoms with Crippen LogP contribution in [-0.2, 0) is 16.1 Å². The summed E-state index contributed by atoms with van der Waals surface area (Å²) in [7, 11) is 1.48. The molecule has 1 aromatic carbocycles. The summed E-state index contributed by atoms with van der Waals surface area (Å²) in [5, 5.41) is 12.6. The van der Waals surface area contributed by atoms with Gasteiger partial charge in [-0.05, 0) is 40.5 Å². The van der Waals surface area contributed by atoms with E-state index in [1.54, 1.807) is 19.1 Å². The Bertz CT molecular complexity index is 423. The summed E-state index contributed by atoms with van der Waals surface area (Å²) in [6.07, 6.45) is 0. The molecule has 5 nitrogen and oxygen atoms in total. The van der Waals surface area contributed by atoms with E-state index in [0.717, 1.165) is 5.56 Å². The summed E-state index contributed by atoms with van der Waals surface area (Å²) in [4.78, 5) is 11.1. The Hall–Kier alpha value is -1.27. The first-order valence-electron chi connectivity index (χ1n) is 5.50. The number of rotatable bonds is 6. The molecule has 0 aliphatic heterocycles. The second-order valence-electron chi connectivity index (χ2n) is 3.54. The SMILES string of the molecule is CCOC(=O)CNCc1cc(Br)c(O)c(OC)c1. The zero-order chi connectivity index (χ0) is 13.5. The molecule has 18 heavy (non-hydrogen) atoms. The van der Waals surface area contributed by atoms with Crippen LogP contribution in [-0.4, -0.2) is 31.3 Å². The smallest absolute Gasteiger partial charge is 0.319 e. The van der Waals surface area contributed by atoms with Gasteiger partial charge in [-0.25, -0.2) is 0 Å². The Morgan fingerprint density at radius 2 is 2.22 bits per heavy atom. The van der Waals surface area contributed by atoms with Crippen LogP contribution in [0.15, 0.2) is 16.6 Å².